The molecule has 1 aromatic rings. The highest BCUT2D eigenvalue weighted by molar-refractivity contribution is 5.23. The molecule has 2 heteroatoms. The number of likely N-dealkylation sites (tertiary alicyclic amines) is 1. The first-order valence-corrected chi connectivity index (χ1v) is 6.38. The van der Waals surface area contributed by atoms with E-state index in [1.807, 2.05) is 7.11 Å². The standard InChI is InChI=1S/C15H23NO/c1-15(12-17-3)11-16(2)10-9-14(15)13-7-5-4-6-8-13/h4-8,14H,9-12H2,1-3H3/t14-,15+/m1/s1. The first-order valence-electron chi connectivity index (χ1n) is 6.38. The number of ether oxygens (including phenoxy) is 1. The molecule has 1 saturated heterocycles. The zero-order valence-electron chi connectivity index (χ0n) is 11.1. The third-order valence-electron chi connectivity index (χ3n) is 3.95. The molecular formula is C15H23NO. The molecule has 2 atom stereocenters. The molecule has 1 aromatic carbocycles. The van der Waals surface area contributed by atoms with Crippen LogP contribution in [0.15, 0.2) is 30.3 Å². The molecule has 0 bridgehead atoms. The molecule has 0 aliphatic carbocycles. The third-order valence-corrected chi connectivity index (χ3v) is 3.95. The third kappa shape index (κ3) is 2.70. The molecule has 0 saturated carbocycles. The normalized spacial score (nSPS) is 30.4. The van der Waals surface area contributed by atoms with Crippen molar-refractivity contribution in [2.24, 2.45) is 5.41 Å². The Balaban J connectivity index is 2.24. The van der Waals surface area contributed by atoms with Gasteiger partial charge in [-0.2, -0.15) is 0 Å². The maximum absolute atomic E-state index is 5.46. The van der Waals surface area contributed by atoms with Gasteiger partial charge in [0.1, 0.15) is 0 Å². The van der Waals surface area contributed by atoms with Crippen LogP contribution in [0.5, 0.6) is 0 Å². The Labute approximate surface area is 105 Å². The highest BCUT2D eigenvalue weighted by Gasteiger charge is 2.39. The SMILES string of the molecule is COC[C@]1(C)CN(C)CC[C@@H]1c1ccccc1. The van der Waals surface area contributed by atoms with Crippen molar-refractivity contribution in [3.63, 3.8) is 0 Å². The molecule has 1 aliphatic rings. The van der Waals surface area contributed by atoms with Crippen molar-refractivity contribution in [2.45, 2.75) is 19.3 Å². The molecule has 0 spiro atoms. The topological polar surface area (TPSA) is 12.5 Å². The fourth-order valence-corrected chi connectivity index (χ4v) is 3.23. The van der Waals surface area contributed by atoms with E-state index in [-0.39, 0.29) is 5.41 Å². The quantitative estimate of drug-likeness (QED) is 0.796. The molecular weight excluding hydrogens is 210 g/mol. The Bertz CT molecular complexity index is 351. The second-order valence-electron chi connectivity index (χ2n) is 5.58. The summed E-state index contributed by atoms with van der Waals surface area (Å²) in [7, 11) is 4.01. The van der Waals surface area contributed by atoms with Crippen LogP contribution in [-0.4, -0.2) is 38.8 Å². The predicted octanol–water partition coefficient (Wildman–Crippen LogP) is 2.76. The molecule has 0 unspecified atom stereocenters. The minimum absolute atomic E-state index is 0.225. The van der Waals surface area contributed by atoms with Crippen molar-refractivity contribution < 1.29 is 4.74 Å². The summed E-state index contributed by atoms with van der Waals surface area (Å²) in [5.41, 5.74) is 1.68. The van der Waals surface area contributed by atoms with Gasteiger partial charge in [0, 0.05) is 19.1 Å². The van der Waals surface area contributed by atoms with E-state index in [0.717, 1.165) is 13.2 Å². The lowest BCUT2D eigenvalue weighted by Gasteiger charge is -2.45. The van der Waals surface area contributed by atoms with E-state index in [1.165, 1.54) is 18.5 Å². The van der Waals surface area contributed by atoms with E-state index >= 15 is 0 Å². The lowest BCUT2D eigenvalue weighted by molar-refractivity contribution is 0.0157. The molecule has 0 aromatic heterocycles. The minimum Gasteiger partial charge on any atom is -0.384 e. The summed E-state index contributed by atoms with van der Waals surface area (Å²) in [5.74, 6) is 0.611. The number of methoxy groups -OCH3 is 1. The summed E-state index contributed by atoms with van der Waals surface area (Å²) in [6, 6.07) is 10.9. The smallest absolute Gasteiger partial charge is 0.0534 e. The first kappa shape index (κ1) is 12.6. The van der Waals surface area contributed by atoms with Gasteiger partial charge < -0.3 is 9.64 Å². The maximum Gasteiger partial charge on any atom is 0.0534 e. The maximum atomic E-state index is 5.46. The Kier molecular flexibility index (Phi) is 3.85. The molecule has 0 radical (unpaired) electrons. The Hall–Kier alpha value is -0.860. The summed E-state index contributed by atoms with van der Waals surface area (Å²) in [4.78, 5) is 2.42. The Morgan fingerprint density at radius 1 is 1.35 bits per heavy atom. The fraction of sp³-hybridized carbons (Fsp3) is 0.600. The molecule has 1 heterocycles. The van der Waals surface area contributed by atoms with Gasteiger partial charge in [0.2, 0.25) is 0 Å². The Morgan fingerprint density at radius 2 is 2.06 bits per heavy atom. The molecule has 17 heavy (non-hydrogen) atoms. The van der Waals surface area contributed by atoms with E-state index in [2.05, 4.69) is 49.2 Å². The lowest BCUT2D eigenvalue weighted by Crippen LogP contribution is -2.46. The Morgan fingerprint density at radius 3 is 2.71 bits per heavy atom. The first-order chi connectivity index (χ1) is 8.15. The van der Waals surface area contributed by atoms with E-state index in [0.29, 0.717) is 5.92 Å². The van der Waals surface area contributed by atoms with Gasteiger partial charge in [-0.1, -0.05) is 37.3 Å². The molecule has 0 amide bonds. The minimum atomic E-state index is 0.225. The monoisotopic (exact) mass is 233 g/mol. The van der Waals surface area contributed by atoms with Crippen LogP contribution in [0.4, 0.5) is 0 Å². The molecule has 2 rings (SSSR count). The van der Waals surface area contributed by atoms with Gasteiger partial charge in [-0.3, -0.25) is 0 Å². The van der Waals surface area contributed by atoms with E-state index in [9.17, 15) is 0 Å². The van der Waals surface area contributed by atoms with Crippen LogP contribution < -0.4 is 0 Å². The number of nitrogens with zero attached hydrogens (tertiary/aromatic N) is 1. The van der Waals surface area contributed by atoms with Gasteiger partial charge in [0.25, 0.3) is 0 Å². The second-order valence-corrected chi connectivity index (χ2v) is 5.58. The predicted molar refractivity (Wildman–Crippen MR) is 71.3 cm³/mol. The average molecular weight is 233 g/mol. The van der Waals surface area contributed by atoms with Crippen LogP contribution in [0.25, 0.3) is 0 Å². The second kappa shape index (κ2) is 5.19. The average Bonchev–Trinajstić information content (AvgIpc) is 2.30. The lowest BCUT2D eigenvalue weighted by atomic mass is 9.70. The summed E-state index contributed by atoms with van der Waals surface area (Å²) in [5, 5.41) is 0. The molecule has 0 N–H and O–H groups in total. The largest absolute Gasteiger partial charge is 0.384 e. The van der Waals surface area contributed by atoms with Crippen LogP contribution in [0.1, 0.15) is 24.8 Å². The summed E-state index contributed by atoms with van der Waals surface area (Å²) in [6.45, 7) is 5.47. The number of piperidine rings is 1. The van der Waals surface area contributed by atoms with Crippen molar-refractivity contribution in [3.8, 4) is 0 Å². The fourth-order valence-electron chi connectivity index (χ4n) is 3.23. The van der Waals surface area contributed by atoms with Gasteiger partial charge in [0.05, 0.1) is 6.61 Å². The number of rotatable bonds is 3. The van der Waals surface area contributed by atoms with E-state index in [1.54, 1.807) is 0 Å². The summed E-state index contributed by atoms with van der Waals surface area (Å²) in [6.07, 6.45) is 1.22. The van der Waals surface area contributed by atoms with Crippen LogP contribution in [-0.2, 0) is 4.74 Å². The van der Waals surface area contributed by atoms with Crippen molar-refractivity contribution in [3.05, 3.63) is 35.9 Å². The van der Waals surface area contributed by atoms with Crippen LogP contribution >= 0.6 is 0 Å². The van der Waals surface area contributed by atoms with Crippen molar-refractivity contribution in [1.29, 1.82) is 0 Å². The van der Waals surface area contributed by atoms with Gasteiger partial charge in [0.15, 0.2) is 0 Å². The van der Waals surface area contributed by atoms with Gasteiger partial charge >= 0.3 is 0 Å². The van der Waals surface area contributed by atoms with Crippen LogP contribution in [0.3, 0.4) is 0 Å². The molecule has 1 fully saturated rings. The molecule has 2 nitrogen and oxygen atoms in total. The summed E-state index contributed by atoms with van der Waals surface area (Å²) < 4.78 is 5.46. The number of hydrogen-bond acceptors (Lipinski definition) is 2. The van der Waals surface area contributed by atoms with E-state index < -0.39 is 0 Å². The highest BCUT2D eigenvalue weighted by atomic mass is 16.5. The molecule has 1 aliphatic heterocycles. The zero-order valence-corrected chi connectivity index (χ0v) is 11.1. The summed E-state index contributed by atoms with van der Waals surface area (Å²) >= 11 is 0. The van der Waals surface area contributed by atoms with E-state index in [4.69, 9.17) is 4.74 Å². The van der Waals surface area contributed by atoms with Gasteiger partial charge in [-0.05, 0) is 31.5 Å². The van der Waals surface area contributed by atoms with Gasteiger partial charge in [-0.15, -0.1) is 0 Å². The van der Waals surface area contributed by atoms with Crippen LogP contribution in [0, 0.1) is 5.41 Å². The number of hydrogen-bond donors (Lipinski definition) is 0. The van der Waals surface area contributed by atoms with Crippen molar-refractivity contribution in [2.75, 3.05) is 33.9 Å². The van der Waals surface area contributed by atoms with Crippen molar-refractivity contribution >= 4 is 0 Å². The molecule has 94 valence electrons. The zero-order chi connectivity index (χ0) is 12.3. The number of benzene rings is 1. The van der Waals surface area contributed by atoms with Crippen LogP contribution in [0.2, 0.25) is 0 Å². The highest BCUT2D eigenvalue weighted by Crippen LogP contribution is 2.42. The van der Waals surface area contributed by atoms with Crippen molar-refractivity contribution in [1.82, 2.24) is 4.90 Å². The van der Waals surface area contributed by atoms with Gasteiger partial charge in [-0.25, -0.2) is 0 Å².